The molecule has 1 rings (SSSR count). The van der Waals surface area contributed by atoms with Gasteiger partial charge in [0.05, 0.1) is 0 Å². The SMILES string of the molecule is O=C(c1ccccc1)C(F)C(=O)C(F)(F)F. The topological polar surface area (TPSA) is 34.1 Å². The summed E-state index contributed by atoms with van der Waals surface area (Å²) in [7, 11) is 0. The van der Waals surface area contributed by atoms with Gasteiger partial charge in [-0.3, -0.25) is 9.59 Å². The zero-order valence-corrected chi connectivity index (χ0v) is 7.79. The largest absolute Gasteiger partial charge is 0.453 e. The Kier molecular flexibility index (Phi) is 3.41. The molecule has 1 aromatic rings. The fourth-order valence-electron chi connectivity index (χ4n) is 1.01. The fourth-order valence-corrected chi connectivity index (χ4v) is 1.01. The molecular weight excluding hydrogens is 228 g/mol. The maximum absolute atomic E-state index is 13.0. The van der Waals surface area contributed by atoms with Crippen LogP contribution in [0.15, 0.2) is 30.3 Å². The van der Waals surface area contributed by atoms with Gasteiger partial charge >= 0.3 is 6.18 Å². The fraction of sp³-hybridized carbons (Fsp3) is 0.200. The molecule has 1 atom stereocenters. The minimum atomic E-state index is -5.34. The van der Waals surface area contributed by atoms with Crippen molar-refractivity contribution in [2.45, 2.75) is 12.3 Å². The van der Waals surface area contributed by atoms with E-state index in [1.807, 2.05) is 0 Å². The Morgan fingerprint density at radius 2 is 1.56 bits per heavy atom. The van der Waals surface area contributed by atoms with Gasteiger partial charge in [0.2, 0.25) is 12.0 Å². The molecule has 0 amide bonds. The van der Waals surface area contributed by atoms with Crippen LogP contribution in [0.2, 0.25) is 0 Å². The number of rotatable bonds is 3. The normalized spacial score (nSPS) is 13.2. The average molecular weight is 234 g/mol. The second-order valence-electron chi connectivity index (χ2n) is 2.95. The number of Topliss-reactive ketones (excluding diaryl/α,β-unsaturated/α-hetero) is 2. The number of carbonyl (C=O) groups is 2. The molecule has 0 radical (unpaired) electrons. The van der Waals surface area contributed by atoms with Gasteiger partial charge in [0.25, 0.3) is 5.78 Å². The van der Waals surface area contributed by atoms with Crippen molar-refractivity contribution in [2.24, 2.45) is 0 Å². The Morgan fingerprint density at radius 1 is 1.06 bits per heavy atom. The van der Waals surface area contributed by atoms with E-state index in [1.165, 1.54) is 18.2 Å². The highest BCUT2D eigenvalue weighted by molar-refractivity contribution is 6.14. The summed E-state index contributed by atoms with van der Waals surface area (Å²) >= 11 is 0. The minimum Gasteiger partial charge on any atom is -0.290 e. The Balaban J connectivity index is 2.88. The highest BCUT2D eigenvalue weighted by Crippen LogP contribution is 2.21. The summed E-state index contributed by atoms with van der Waals surface area (Å²) in [6.07, 6.45) is -8.54. The molecule has 1 aromatic carbocycles. The molecule has 1 unspecified atom stereocenters. The van der Waals surface area contributed by atoms with Gasteiger partial charge in [0.15, 0.2) is 0 Å². The third-order valence-corrected chi connectivity index (χ3v) is 1.80. The number of hydrogen-bond acceptors (Lipinski definition) is 2. The van der Waals surface area contributed by atoms with Crippen molar-refractivity contribution >= 4 is 11.6 Å². The lowest BCUT2D eigenvalue weighted by molar-refractivity contribution is -0.174. The highest BCUT2D eigenvalue weighted by Gasteiger charge is 2.46. The number of halogens is 4. The van der Waals surface area contributed by atoms with Crippen molar-refractivity contribution in [2.75, 3.05) is 0 Å². The summed E-state index contributed by atoms with van der Waals surface area (Å²) in [4.78, 5) is 21.6. The molecule has 0 spiro atoms. The smallest absolute Gasteiger partial charge is 0.290 e. The van der Waals surface area contributed by atoms with Crippen molar-refractivity contribution in [3.05, 3.63) is 35.9 Å². The molecule has 0 saturated carbocycles. The Morgan fingerprint density at radius 3 is 2.00 bits per heavy atom. The summed E-state index contributed by atoms with van der Waals surface area (Å²) in [5, 5.41) is 0. The highest BCUT2D eigenvalue weighted by atomic mass is 19.4. The summed E-state index contributed by atoms with van der Waals surface area (Å²) in [6, 6.07) is 6.50. The van der Waals surface area contributed by atoms with Crippen LogP contribution in [0.25, 0.3) is 0 Å². The molecule has 16 heavy (non-hydrogen) atoms. The molecule has 0 aliphatic carbocycles. The molecule has 6 heteroatoms. The first-order valence-corrected chi connectivity index (χ1v) is 4.18. The van der Waals surface area contributed by atoms with Crippen LogP contribution in [0.1, 0.15) is 10.4 Å². The predicted octanol–water partition coefficient (Wildman–Crippen LogP) is 2.34. The van der Waals surface area contributed by atoms with Gasteiger partial charge in [-0.25, -0.2) is 4.39 Å². The third kappa shape index (κ3) is 2.65. The quantitative estimate of drug-likeness (QED) is 0.457. The summed E-state index contributed by atoms with van der Waals surface area (Å²) in [5.74, 6) is -4.16. The maximum atomic E-state index is 13.0. The summed E-state index contributed by atoms with van der Waals surface area (Å²) < 4.78 is 48.5. The Bertz CT molecular complexity index is 397. The van der Waals surface area contributed by atoms with E-state index in [2.05, 4.69) is 0 Å². The van der Waals surface area contributed by atoms with E-state index < -0.39 is 23.9 Å². The van der Waals surface area contributed by atoms with E-state index in [4.69, 9.17) is 0 Å². The van der Waals surface area contributed by atoms with Crippen LogP contribution in [0, 0.1) is 0 Å². The van der Waals surface area contributed by atoms with Gasteiger partial charge in [0, 0.05) is 5.56 Å². The molecule has 0 aliphatic heterocycles. The van der Waals surface area contributed by atoms with Crippen LogP contribution in [-0.4, -0.2) is 23.9 Å². The first-order valence-electron chi connectivity index (χ1n) is 4.18. The second kappa shape index (κ2) is 4.42. The van der Waals surface area contributed by atoms with Gasteiger partial charge in [-0.1, -0.05) is 30.3 Å². The first-order chi connectivity index (χ1) is 7.34. The number of hydrogen-bond donors (Lipinski definition) is 0. The van der Waals surface area contributed by atoms with Crippen LogP contribution >= 0.6 is 0 Å². The predicted molar refractivity (Wildman–Crippen MR) is 46.7 cm³/mol. The lowest BCUT2D eigenvalue weighted by Crippen LogP contribution is -2.36. The summed E-state index contributed by atoms with van der Waals surface area (Å²) in [5.41, 5.74) is -0.271. The van der Waals surface area contributed by atoms with Gasteiger partial charge < -0.3 is 0 Å². The first kappa shape index (κ1) is 12.4. The van der Waals surface area contributed by atoms with Crippen molar-refractivity contribution in [3.63, 3.8) is 0 Å². The Labute approximate surface area is 87.9 Å². The number of carbonyl (C=O) groups excluding carboxylic acids is 2. The van der Waals surface area contributed by atoms with E-state index in [-0.39, 0.29) is 5.56 Å². The number of benzene rings is 1. The maximum Gasteiger partial charge on any atom is 0.453 e. The molecule has 0 N–H and O–H groups in total. The van der Waals surface area contributed by atoms with E-state index in [0.717, 1.165) is 12.1 Å². The molecule has 0 fully saturated rings. The van der Waals surface area contributed by atoms with Crippen LogP contribution in [-0.2, 0) is 4.79 Å². The molecule has 0 saturated heterocycles. The van der Waals surface area contributed by atoms with E-state index in [9.17, 15) is 27.2 Å². The molecule has 0 aromatic heterocycles. The monoisotopic (exact) mass is 234 g/mol. The van der Waals surface area contributed by atoms with Gasteiger partial charge in [-0.15, -0.1) is 0 Å². The van der Waals surface area contributed by atoms with Crippen LogP contribution < -0.4 is 0 Å². The van der Waals surface area contributed by atoms with Crippen molar-refractivity contribution in [3.8, 4) is 0 Å². The lowest BCUT2D eigenvalue weighted by Gasteiger charge is -2.08. The summed E-state index contributed by atoms with van der Waals surface area (Å²) in [6.45, 7) is 0. The molecule has 86 valence electrons. The Hall–Kier alpha value is -1.72. The molecule has 0 bridgehead atoms. The number of alkyl halides is 4. The zero-order chi connectivity index (χ0) is 12.3. The molecule has 0 heterocycles. The average Bonchev–Trinajstić information content (AvgIpc) is 2.26. The van der Waals surface area contributed by atoms with Crippen molar-refractivity contribution in [1.82, 2.24) is 0 Å². The lowest BCUT2D eigenvalue weighted by atomic mass is 10.0. The molecular formula is C10H6F4O2. The number of ketones is 2. The van der Waals surface area contributed by atoms with E-state index >= 15 is 0 Å². The van der Waals surface area contributed by atoms with Crippen LogP contribution in [0.4, 0.5) is 17.6 Å². The van der Waals surface area contributed by atoms with E-state index in [1.54, 1.807) is 0 Å². The molecule has 0 aliphatic rings. The van der Waals surface area contributed by atoms with Crippen molar-refractivity contribution in [1.29, 1.82) is 0 Å². The van der Waals surface area contributed by atoms with Gasteiger partial charge in [0.1, 0.15) is 0 Å². The van der Waals surface area contributed by atoms with Crippen LogP contribution in [0.3, 0.4) is 0 Å². The zero-order valence-electron chi connectivity index (χ0n) is 7.79. The van der Waals surface area contributed by atoms with E-state index in [0.29, 0.717) is 0 Å². The third-order valence-electron chi connectivity index (χ3n) is 1.80. The van der Waals surface area contributed by atoms with Gasteiger partial charge in [-0.05, 0) is 0 Å². The van der Waals surface area contributed by atoms with Crippen LogP contribution in [0.5, 0.6) is 0 Å². The van der Waals surface area contributed by atoms with Gasteiger partial charge in [-0.2, -0.15) is 13.2 Å². The molecule has 2 nitrogen and oxygen atoms in total. The van der Waals surface area contributed by atoms with Crippen molar-refractivity contribution < 1.29 is 27.2 Å². The standard InChI is InChI=1S/C10H6F4O2/c11-7(9(16)10(12,13)14)8(15)6-4-2-1-3-5-6/h1-5,7H. The second-order valence-corrected chi connectivity index (χ2v) is 2.95. The minimum absolute atomic E-state index is 0.271.